The van der Waals surface area contributed by atoms with Crippen LogP contribution in [0.1, 0.15) is 49.4 Å². The minimum Gasteiger partial charge on any atom is -0.338 e. The summed E-state index contributed by atoms with van der Waals surface area (Å²) in [4.78, 5) is 35.1. The summed E-state index contributed by atoms with van der Waals surface area (Å²) in [6.07, 6.45) is 2.94. The molecule has 1 unspecified atom stereocenters. The Labute approximate surface area is 173 Å². The zero-order valence-corrected chi connectivity index (χ0v) is 17.3. The number of fused-ring (bicyclic) bond motifs is 1. The van der Waals surface area contributed by atoms with E-state index in [2.05, 4.69) is 15.1 Å². The maximum absolute atomic E-state index is 13.4. The van der Waals surface area contributed by atoms with Crippen molar-refractivity contribution in [3.05, 3.63) is 42.1 Å². The number of alkyl halides is 1. The zero-order valence-electron chi connectivity index (χ0n) is 17.3. The monoisotopic (exact) mass is 409 g/mol. The van der Waals surface area contributed by atoms with E-state index in [1.807, 2.05) is 32.0 Å². The van der Waals surface area contributed by atoms with E-state index < -0.39 is 6.17 Å². The normalized spacial score (nSPS) is 16.6. The number of ketones is 1. The number of carbonyl (C=O) groups excluding carboxylic acids is 2. The Bertz CT molecular complexity index is 1110. The molecule has 0 saturated carbocycles. The van der Waals surface area contributed by atoms with Gasteiger partial charge in [-0.2, -0.15) is 5.10 Å². The predicted octanol–water partition coefficient (Wildman–Crippen LogP) is 3.39. The first-order valence-corrected chi connectivity index (χ1v) is 10.1. The van der Waals surface area contributed by atoms with Crippen LogP contribution in [0.4, 0.5) is 4.39 Å². The molecule has 1 amide bonds. The highest BCUT2D eigenvalue weighted by Gasteiger charge is 2.27. The van der Waals surface area contributed by atoms with Gasteiger partial charge in [-0.3, -0.25) is 14.3 Å². The molecule has 1 aromatic carbocycles. The van der Waals surface area contributed by atoms with Crippen LogP contribution >= 0.6 is 0 Å². The fourth-order valence-electron chi connectivity index (χ4n) is 3.70. The average molecular weight is 409 g/mol. The van der Waals surface area contributed by atoms with Gasteiger partial charge >= 0.3 is 0 Å². The Morgan fingerprint density at radius 1 is 1.20 bits per heavy atom. The van der Waals surface area contributed by atoms with Crippen LogP contribution in [0, 0.1) is 0 Å². The van der Waals surface area contributed by atoms with Crippen molar-refractivity contribution in [1.82, 2.24) is 24.6 Å². The molecule has 1 aliphatic heterocycles. The predicted molar refractivity (Wildman–Crippen MR) is 111 cm³/mol. The molecule has 0 spiro atoms. The number of hydrogen-bond donors (Lipinski definition) is 0. The van der Waals surface area contributed by atoms with Crippen molar-refractivity contribution in [2.75, 3.05) is 13.1 Å². The van der Waals surface area contributed by atoms with Gasteiger partial charge in [0.25, 0.3) is 0 Å². The highest BCUT2D eigenvalue weighted by atomic mass is 19.1. The first kappa shape index (κ1) is 20.1. The lowest BCUT2D eigenvalue weighted by Crippen LogP contribution is -2.32. The summed E-state index contributed by atoms with van der Waals surface area (Å²) in [6, 6.07) is 5.62. The largest absolute Gasteiger partial charge is 0.338 e. The van der Waals surface area contributed by atoms with Gasteiger partial charge in [0.15, 0.2) is 5.78 Å². The number of aromatic nitrogens is 4. The van der Waals surface area contributed by atoms with Gasteiger partial charge in [-0.05, 0) is 24.1 Å². The second-order valence-electron chi connectivity index (χ2n) is 8.00. The lowest BCUT2D eigenvalue weighted by molar-refractivity contribution is -0.131. The molecule has 1 aliphatic rings. The summed E-state index contributed by atoms with van der Waals surface area (Å²) >= 11 is 0. The first-order chi connectivity index (χ1) is 14.3. The van der Waals surface area contributed by atoms with Gasteiger partial charge < -0.3 is 4.90 Å². The number of Topliss-reactive ketones (excluding diaryl/α,β-unsaturated/α-hetero) is 1. The molecule has 1 atom stereocenters. The van der Waals surface area contributed by atoms with Gasteiger partial charge in [-0.25, -0.2) is 14.4 Å². The van der Waals surface area contributed by atoms with Gasteiger partial charge in [-0.1, -0.05) is 19.9 Å². The Kier molecular flexibility index (Phi) is 5.32. The van der Waals surface area contributed by atoms with Crippen molar-refractivity contribution in [3.63, 3.8) is 0 Å². The molecule has 1 fully saturated rings. The maximum Gasteiger partial charge on any atom is 0.244 e. The molecule has 1 saturated heterocycles. The molecule has 156 valence electrons. The number of carbonyl (C=O) groups is 2. The fourth-order valence-corrected chi connectivity index (χ4v) is 3.70. The molecule has 7 nitrogen and oxygen atoms in total. The maximum atomic E-state index is 13.4. The molecular weight excluding hydrogens is 385 g/mol. The van der Waals surface area contributed by atoms with Crippen LogP contribution in [0.15, 0.2) is 30.6 Å². The van der Waals surface area contributed by atoms with Crippen LogP contribution in [-0.4, -0.2) is 55.6 Å². The minimum absolute atomic E-state index is 0.0258. The topological polar surface area (TPSA) is 81.0 Å². The third kappa shape index (κ3) is 3.81. The van der Waals surface area contributed by atoms with E-state index in [-0.39, 0.29) is 30.7 Å². The Balaban J connectivity index is 1.68. The number of hydrogen-bond acceptors (Lipinski definition) is 5. The summed E-state index contributed by atoms with van der Waals surface area (Å²) < 4.78 is 15.0. The zero-order chi connectivity index (χ0) is 21.4. The van der Waals surface area contributed by atoms with Crippen LogP contribution in [0.25, 0.3) is 22.0 Å². The van der Waals surface area contributed by atoms with E-state index in [0.717, 1.165) is 17.0 Å². The molecule has 2 aromatic heterocycles. The smallest absolute Gasteiger partial charge is 0.244 e. The molecule has 0 aliphatic carbocycles. The number of halogens is 1. The molecule has 0 N–H and O–H groups in total. The van der Waals surface area contributed by atoms with Crippen LogP contribution in [0.5, 0.6) is 0 Å². The fraction of sp³-hybridized carbons (Fsp3) is 0.409. The molecule has 3 aromatic rings. The Hall–Kier alpha value is -3.16. The molecule has 8 heteroatoms. The highest BCUT2D eigenvalue weighted by molar-refractivity contribution is 6.06. The van der Waals surface area contributed by atoms with Crippen molar-refractivity contribution in [1.29, 1.82) is 0 Å². The quantitative estimate of drug-likeness (QED) is 0.604. The summed E-state index contributed by atoms with van der Waals surface area (Å²) in [7, 11) is 0. The van der Waals surface area contributed by atoms with Gasteiger partial charge in [0, 0.05) is 42.7 Å². The third-order valence-electron chi connectivity index (χ3n) is 5.37. The molecule has 0 bridgehead atoms. The van der Waals surface area contributed by atoms with E-state index in [1.54, 1.807) is 12.4 Å². The van der Waals surface area contributed by atoms with E-state index in [0.29, 0.717) is 29.6 Å². The highest BCUT2D eigenvalue weighted by Crippen LogP contribution is 2.27. The van der Waals surface area contributed by atoms with Crippen molar-refractivity contribution in [2.24, 2.45) is 0 Å². The summed E-state index contributed by atoms with van der Waals surface area (Å²) in [5, 5.41) is 5.06. The van der Waals surface area contributed by atoms with Crippen LogP contribution in [0.3, 0.4) is 0 Å². The first-order valence-electron chi connectivity index (χ1n) is 10.1. The number of amides is 1. The van der Waals surface area contributed by atoms with Crippen LogP contribution in [0.2, 0.25) is 0 Å². The Morgan fingerprint density at radius 3 is 2.53 bits per heavy atom. The Morgan fingerprint density at radius 2 is 1.93 bits per heavy atom. The van der Waals surface area contributed by atoms with E-state index >= 15 is 0 Å². The minimum atomic E-state index is -0.969. The van der Waals surface area contributed by atoms with Crippen molar-refractivity contribution in [2.45, 2.75) is 45.8 Å². The van der Waals surface area contributed by atoms with Crippen LogP contribution in [-0.2, 0) is 11.3 Å². The number of rotatable bonds is 5. The lowest BCUT2D eigenvalue weighted by Gasteiger charge is -2.15. The van der Waals surface area contributed by atoms with Gasteiger partial charge in [0.2, 0.25) is 5.91 Å². The second-order valence-corrected chi connectivity index (χ2v) is 8.00. The molecule has 3 heterocycles. The summed E-state index contributed by atoms with van der Waals surface area (Å²) in [5.74, 6) is 0.633. The van der Waals surface area contributed by atoms with Crippen molar-refractivity contribution in [3.8, 4) is 11.1 Å². The van der Waals surface area contributed by atoms with E-state index in [4.69, 9.17) is 0 Å². The molecular formula is C22H24FN5O2. The van der Waals surface area contributed by atoms with Gasteiger partial charge in [0.05, 0.1) is 12.1 Å². The SMILES string of the molecule is CC(=O)c1nn(CC(=O)N2CCC(F)C2)c2ccc(-c3cnc(C(C)C)nc3)cc12. The second kappa shape index (κ2) is 7.93. The van der Waals surface area contributed by atoms with Gasteiger partial charge in [-0.15, -0.1) is 0 Å². The van der Waals surface area contributed by atoms with Crippen molar-refractivity contribution >= 4 is 22.6 Å². The standard InChI is InChI=1S/C22H24FN5O2/c1-13(2)22-24-9-16(10-25-22)15-4-5-19-18(8-15)21(14(3)29)26-28(19)12-20(30)27-7-6-17(23)11-27/h4-5,8-10,13,17H,6-7,11-12H2,1-3H3. The number of benzene rings is 1. The third-order valence-corrected chi connectivity index (χ3v) is 5.37. The van der Waals surface area contributed by atoms with E-state index in [1.165, 1.54) is 16.5 Å². The van der Waals surface area contributed by atoms with Crippen molar-refractivity contribution < 1.29 is 14.0 Å². The van der Waals surface area contributed by atoms with E-state index in [9.17, 15) is 14.0 Å². The average Bonchev–Trinajstić information content (AvgIpc) is 3.31. The number of likely N-dealkylation sites (tertiary alicyclic amines) is 1. The summed E-state index contributed by atoms with van der Waals surface area (Å²) in [5.41, 5.74) is 2.70. The van der Waals surface area contributed by atoms with Crippen LogP contribution < -0.4 is 0 Å². The lowest BCUT2D eigenvalue weighted by atomic mass is 10.0. The van der Waals surface area contributed by atoms with Gasteiger partial charge in [0.1, 0.15) is 24.2 Å². The molecule has 30 heavy (non-hydrogen) atoms. The molecule has 0 radical (unpaired) electrons. The summed E-state index contributed by atoms with van der Waals surface area (Å²) in [6.45, 7) is 6.03. The molecule has 4 rings (SSSR count). The number of nitrogens with zero attached hydrogens (tertiary/aromatic N) is 5.